The van der Waals surface area contributed by atoms with Crippen molar-refractivity contribution in [1.82, 2.24) is 10.2 Å². The fraction of sp³-hybridized carbons (Fsp3) is 0.600. The molecule has 1 heterocycles. The summed E-state index contributed by atoms with van der Waals surface area (Å²) in [5.74, 6) is 1.06. The van der Waals surface area contributed by atoms with Crippen molar-refractivity contribution < 1.29 is 0 Å². The van der Waals surface area contributed by atoms with Gasteiger partial charge in [-0.2, -0.15) is 0 Å². The largest absolute Gasteiger partial charge is 0.318 e. The Morgan fingerprint density at radius 1 is 1.35 bits per heavy atom. The van der Waals surface area contributed by atoms with Gasteiger partial charge in [0.05, 0.1) is 5.02 Å². The van der Waals surface area contributed by atoms with Gasteiger partial charge in [-0.15, -0.1) is 11.8 Å². The summed E-state index contributed by atoms with van der Waals surface area (Å²) in [4.78, 5) is 3.69. The molecule has 1 aliphatic rings. The van der Waals surface area contributed by atoms with Gasteiger partial charge in [-0.3, -0.25) is 4.90 Å². The van der Waals surface area contributed by atoms with Crippen LogP contribution >= 0.6 is 35.0 Å². The van der Waals surface area contributed by atoms with Crippen LogP contribution in [0.2, 0.25) is 10.0 Å². The molecule has 1 unspecified atom stereocenters. The molecule has 1 aromatic rings. The van der Waals surface area contributed by atoms with Crippen molar-refractivity contribution in [3.05, 3.63) is 28.2 Å². The van der Waals surface area contributed by atoms with E-state index in [0.29, 0.717) is 6.04 Å². The van der Waals surface area contributed by atoms with Crippen LogP contribution in [0.25, 0.3) is 0 Å². The SMILES string of the molecule is CNCC1CCCCN1CCSc1cc(Cl)ccc1Cl. The van der Waals surface area contributed by atoms with Crippen molar-refractivity contribution in [1.29, 1.82) is 0 Å². The highest BCUT2D eigenvalue weighted by molar-refractivity contribution is 7.99. The number of likely N-dealkylation sites (tertiary alicyclic amines) is 1. The molecule has 0 radical (unpaired) electrons. The highest BCUT2D eigenvalue weighted by Crippen LogP contribution is 2.30. The minimum atomic E-state index is 0.684. The Hall–Kier alpha value is 0.0700. The zero-order valence-corrected chi connectivity index (χ0v) is 14.2. The normalized spacial score (nSPS) is 20.2. The van der Waals surface area contributed by atoms with Crippen LogP contribution in [0.1, 0.15) is 19.3 Å². The van der Waals surface area contributed by atoms with Gasteiger partial charge in [-0.25, -0.2) is 0 Å². The predicted molar refractivity (Wildman–Crippen MR) is 90.3 cm³/mol. The quantitative estimate of drug-likeness (QED) is 0.787. The maximum Gasteiger partial charge on any atom is 0.0542 e. The van der Waals surface area contributed by atoms with Crippen molar-refractivity contribution >= 4 is 35.0 Å². The summed E-state index contributed by atoms with van der Waals surface area (Å²) >= 11 is 14.0. The van der Waals surface area contributed by atoms with Crippen molar-refractivity contribution in [2.45, 2.75) is 30.2 Å². The Morgan fingerprint density at radius 2 is 2.20 bits per heavy atom. The Balaban J connectivity index is 1.83. The number of thioether (sulfide) groups is 1. The minimum absolute atomic E-state index is 0.684. The van der Waals surface area contributed by atoms with Gasteiger partial charge in [0, 0.05) is 34.8 Å². The summed E-state index contributed by atoms with van der Waals surface area (Å²) in [5.41, 5.74) is 0. The number of nitrogens with zero attached hydrogens (tertiary/aromatic N) is 1. The highest BCUT2D eigenvalue weighted by Gasteiger charge is 2.21. The third kappa shape index (κ3) is 4.81. The third-order valence-corrected chi connectivity index (χ3v) is 5.43. The smallest absolute Gasteiger partial charge is 0.0542 e. The topological polar surface area (TPSA) is 15.3 Å². The number of nitrogens with one attached hydrogen (secondary N) is 1. The molecule has 0 saturated carbocycles. The molecule has 0 spiro atoms. The lowest BCUT2D eigenvalue weighted by Crippen LogP contribution is -2.45. The molecule has 1 N–H and O–H groups in total. The Bertz CT molecular complexity index is 426. The highest BCUT2D eigenvalue weighted by atomic mass is 35.5. The lowest BCUT2D eigenvalue weighted by molar-refractivity contribution is 0.157. The number of likely N-dealkylation sites (N-methyl/N-ethyl adjacent to an activating group) is 1. The van der Waals surface area contributed by atoms with Crippen LogP contribution in [0.5, 0.6) is 0 Å². The second kappa shape index (κ2) is 8.50. The molecule has 2 nitrogen and oxygen atoms in total. The summed E-state index contributed by atoms with van der Waals surface area (Å²) in [6, 6.07) is 6.35. The average Bonchev–Trinajstić information content (AvgIpc) is 2.45. The Kier molecular flexibility index (Phi) is 6.99. The van der Waals surface area contributed by atoms with E-state index in [0.717, 1.165) is 33.8 Å². The summed E-state index contributed by atoms with van der Waals surface area (Å²) in [5, 5.41) is 4.85. The van der Waals surface area contributed by atoms with Crippen LogP contribution in [0.15, 0.2) is 23.1 Å². The molecule has 5 heteroatoms. The summed E-state index contributed by atoms with van der Waals surface area (Å²) in [7, 11) is 2.03. The number of hydrogen-bond acceptors (Lipinski definition) is 3. The van der Waals surface area contributed by atoms with Gasteiger partial charge in [-0.05, 0) is 44.6 Å². The molecule has 0 aliphatic carbocycles. The van der Waals surface area contributed by atoms with Crippen LogP contribution in [0, 0.1) is 0 Å². The van der Waals surface area contributed by atoms with E-state index >= 15 is 0 Å². The van der Waals surface area contributed by atoms with Crippen LogP contribution in [-0.4, -0.2) is 43.4 Å². The monoisotopic (exact) mass is 332 g/mol. The van der Waals surface area contributed by atoms with Crippen molar-refractivity contribution in [3.8, 4) is 0 Å². The van der Waals surface area contributed by atoms with E-state index in [1.165, 1.54) is 25.8 Å². The molecule has 0 bridgehead atoms. The fourth-order valence-electron chi connectivity index (χ4n) is 2.68. The first-order valence-electron chi connectivity index (χ1n) is 7.17. The van der Waals surface area contributed by atoms with E-state index < -0.39 is 0 Å². The number of halogens is 2. The summed E-state index contributed by atoms with van der Waals surface area (Å²) < 4.78 is 0. The number of benzene rings is 1. The molecule has 112 valence electrons. The molecular weight excluding hydrogens is 311 g/mol. The zero-order chi connectivity index (χ0) is 14.4. The third-order valence-electron chi connectivity index (χ3n) is 3.72. The molecule has 0 amide bonds. The summed E-state index contributed by atoms with van der Waals surface area (Å²) in [6.45, 7) is 3.42. The van der Waals surface area contributed by atoms with Gasteiger partial charge >= 0.3 is 0 Å². The molecule has 1 aliphatic heterocycles. The van der Waals surface area contributed by atoms with Gasteiger partial charge in [0.1, 0.15) is 0 Å². The average molecular weight is 333 g/mol. The molecule has 0 aromatic heterocycles. The first-order valence-corrected chi connectivity index (χ1v) is 8.91. The van der Waals surface area contributed by atoms with Gasteiger partial charge in [0.2, 0.25) is 0 Å². The van der Waals surface area contributed by atoms with Crippen molar-refractivity contribution in [2.24, 2.45) is 0 Å². The van der Waals surface area contributed by atoms with E-state index in [-0.39, 0.29) is 0 Å². The predicted octanol–water partition coefficient (Wildman–Crippen LogP) is 4.16. The maximum atomic E-state index is 6.19. The molecule has 1 fully saturated rings. The van der Waals surface area contributed by atoms with E-state index in [1.807, 2.05) is 25.2 Å². The van der Waals surface area contributed by atoms with E-state index in [2.05, 4.69) is 10.2 Å². The van der Waals surface area contributed by atoms with Gasteiger partial charge in [0.15, 0.2) is 0 Å². The van der Waals surface area contributed by atoms with E-state index in [4.69, 9.17) is 23.2 Å². The van der Waals surface area contributed by atoms with Crippen molar-refractivity contribution in [3.63, 3.8) is 0 Å². The molecular formula is C15H22Cl2N2S. The lowest BCUT2D eigenvalue weighted by Gasteiger charge is -2.35. The number of piperidine rings is 1. The Labute approximate surface area is 136 Å². The van der Waals surface area contributed by atoms with E-state index in [9.17, 15) is 0 Å². The molecule has 1 saturated heterocycles. The van der Waals surface area contributed by atoms with Gasteiger partial charge in [0.25, 0.3) is 0 Å². The van der Waals surface area contributed by atoms with Gasteiger partial charge < -0.3 is 5.32 Å². The number of hydrogen-bond donors (Lipinski definition) is 1. The fourth-order valence-corrected chi connectivity index (χ4v) is 4.16. The summed E-state index contributed by atoms with van der Waals surface area (Å²) in [6.07, 6.45) is 3.99. The van der Waals surface area contributed by atoms with E-state index in [1.54, 1.807) is 11.8 Å². The van der Waals surface area contributed by atoms with Crippen LogP contribution in [0.3, 0.4) is 0 Å². The second-order valence-electron chi connectivity index (χ2n) is 5.17. The van der Waals surface area contributed by atoms with Crippen LogP contribution < -0.4 is 5.32 Å². The minimum Gasteiger partial charge on any atom is -0.318 e. The molecule has 1 atom stereocenters. The number of rotatable bonds is 6. The molecule has 1 aromatic carbocycles. The molecule has 20 heavy (non-hydrogen) atoms. The van der Waals surface area contributed by atoms with Crippen molar-refractivity contribution in [2.75, 3.05) is 32.4 Å². The zero-order valence-electron chi connectivity index (χ0n) is 11.9. The van der Waals surface area contributed by atoms with Gasteiger partial charge in [-0.1, -0.05) is 29.6 Å². The standard InChI is InChI=1S/C15H22Cl2N2S/c1-18-11-13-4-2-3-7-19(13)8-9-20-15-10-12(16)5-6-14(15)17/h5-6,10,13,18H,2-4,7-9,11H2,1H3. The van der Waals surface area contributed by atoms with Crippen LogP contribution in [0.4, 0.5) is 0 Å². The molecule has 2 rings (SSSR count). The Morgan fingerprint density at radius 3 is 3.00 bits per heavy atom. The second-order valence-corrected chi connectivity index (χ2v) is 7.15. The van der Waals surface area contributed by atoms with Crippen LogP contribution in [-0.2, 0) is 0 Å². The lowest BCUT2D eigenvalue weighted by atomic mass is 10.0. The first-order chi connectivity index (χ1) is 9.70. The maximum absolute atomic E-state index is 6.19. The first kappa shape index (κ1) is 16.4.